The quantitative estimate of drug-likeness (QED) is 0.290. The number of anilines is 1. The molecule has 39 heavy (non-hydrogen) atoms. The van der Waals surface area contributed by atoms with Gasteiger partial charge in [-0.05, 0) is 25.7 Å². The van der Waals surface area contributed by atoms with E-state index < -0.39 is 42.4 Å². The number of hydrogen-bond donors (Lipinski definition) is 1. The Morgan fingerprint density at radius 2 is 1.67 bits per heavy atom. The standard InChI is InChI=1S/C26H37N5O8/c1-4-7-18(32)36-13-17-22(38-19(33)8-5-2)23(39-20(34)9-6-3)26(37-17)31-15-29-21-24(27-14-28-25(21)31)30-16-10-11-35-12-16/h14-17,22-23,26H,4-13H2,1-3H3,(H,27,28,30)/t16?,17-,22-,23-,26?/m1/s1. The van der Waals surface area contributed by atoms with Gasteiger partial charge in [0.25, 0.3) is 0 Å². The monoisotopic (exact) mass is 547 g/mol. The number of nitrogens with zero attached hydrogens (tertiary/aromatic N) is 4. The molecule has 0 bridgehead atoms. The number of aromatic nitrogens is 4. The van der Waals surface area contributed by atoms with Crippen LogP contribution in [0.2, 0.25) is 0 Å². The predicted octanol–water partition coefficient (Wildman–Crippen LogP) is 2.69. The van der Waals surface area contributed by atoms with Crippen molar-refractivity contribution in [2.24, 2.45) is 0 Å². The molecule has 0 aliphatic carbocycles. The molecule has 1 N–H and O–H groups in total. The average molecular weight is 548 g/mol. The summed E-state index contributed by atoms with van der Waals surface area (Å²) in [6, 6.07) is 0.100. The summed E-state index contributed by atoms with van der Waals surface area (Å²) >= 11 is 0. The van der Waals surface area contributed by atoms with E-state index in [0.717, 1.165) is 6.42 Å². The van der Waals surface area contributed by atoms with Crippen LogP contribution in [0.25, 0.3) is 11.2 Å². The first-order chi connectivity index (χ1) is 18.9. The molecule has 0 saturated carbocycles. The number of ether oxygens (including phenoxy) is 5. The Labute approximate surface area is 226 Å². The maximum Gasteiger partial charge on any atom is 0.306 e. The third-order valence-electron chi connectivity index (χ3n) is 6.49. The minimum atomic E-state index is -1.02. The smallest absolute Gasteiger partial charge is 0.306 e. The van der Waals surface area contributed by atoms with E-state index in [1.807, 2.05) is 20.8 Å². The van der Waals surface area contributed by atoms with Crippen molar-refractivity contribution < 1.29 is 38.1 Å². The normalized spacial score (nSPS) is 24.5. The van der Waals surface area contributed by atoms with E-state index in [9.17, 15) is 14.4 Å². The van der Waals surface area contributed by atoms with Crippen LogP contribution in [-0.2, 0) is 38.1 Å². The van der Waals surface area contributed by atoms with E-state index >= 15 is 0 Å². The molecular weight excluding hydrogens is 510 g/mol. The van der Waals surface area contributed by atoms with E-state index in [1.54, 1.807) is 4.57 Å². The SMILES string of the molecule is CCCC(=O)OC[C@H]1OC(n2cnc3c(NC4CCOC4)ncnc32)[C@H](OC(=O)CCC)[C@@H]1OC(=O)CCC. The van der Waals surface area contributed by atoms with Crippen LogP contribution in [0.1, 0.15) is 71.9 Å². The Morgan fingerprint density at radius 3 is 2.33 bits per heavy atom. The van der Waals surface area contributed by atoms with Crippen molar-refractivity contribution in [2.75, 3.05) is 25.1 Å². The lowest BCUT2D eigenvalue weighted by atomic mass is 10.1. The molecule has 4 heterocycles. The van der Waals surface area contributed by atoms with Gasteiger partial charge < -0.3 is 29.0 Å². The van der Waals surface area contributed by atoms with Crippen molar-refractivity contribution >= 4 is 34.9 Å². The summed E-state index contributed by atoms with van der Waals surface area (Å²) in [5.74, 6) is -0.770. The van der Waals surface area contributed by atoms with Crippen molar-refractivity contribution in [3.63, 3.8) is 0 Å². The maximum absolute atomic E-state index is 12.7. The number of carbonyl (C=O) groups is 3. The number of hydrogen-bond acceptors (Lipinski definition) is 12. The zero-order valence-corrected chi connectivity index (χ0v) is 22.7. The molecule has 0 amide bonds. The molecule has 2 aromatic rings. The van der Waals surface area contributed by atoms with Gasteiger partial charge in [-0.1, -0.05) is 20.8 Å². The van der Waals surface area contributed by atoms with E-state index in [2.05, 4.69) is 20.3 Å². The molecular formula is C26H37N5O8. The minimum absolute atomic E-state index is 0.100. The molecule has 2 aliphatic heterocycles. The molecule has 2 aliphatic rings. The number of imidazole rings is 1. The fourth-order valence-electron chi connectivity index (χ4n) is 4.60. The van der Waals surface area contributed by atoms with Crippen molar-refractivity contribution in [1.82, 2.24) is 19.5 Å². The van der Waals surface area contributed by atoms with Gasteiger partial charge in [0, 0.05) is 25.9 Å². The topological polar surface area (TPSA) is 153 Å². The zero-order valence-electron chi connectivity index (χ0n) is 22.7. The first kappa shape index (κ1) is 28.7. The van der Waals surface area contributed by atoms with Crippen LogP contribution in [-0.4, -0.2) is 81.6 Å². The van der Waals surface area contributed by atoms with E-state index in [0.29, 0.717) is 49.5 Å². The fraction of sp³-hybridized carbons (Fsp3) is 0.692. The Balaban J connectivity index is 1.66. The van der Waals surface area contributed by atoms with Crippen molar-refractivity contribution in [2.45, 2.75) is 96.3 Å². The molecule has 2 saturated heterocycles. The first-order valence-corrected chi connectivity index (χ1v) is 13.7. The van der Waals surface area contributed by atoms with E-state index in [1.165, 1.54) is 12.7 Å². The zero-order chi connectivity index (χ0) is 27.8. The second-order valence-electron chi connectivity index (χ2n) is 9.66. The second-order valence-corrected chi connectivity index (χ2v) is 9.66. The molecule has 0 aromatic carbocycles. The first-order valence-electron chi connectivity index (χ1n) is 13.7. The molecule has 5 atom stereocenters. The van der Waals surface area contributed by atoms with Gasteiger partial charge in [0.1, 0.15) is 19.0 Å². The highest BCUT2D eigenvalue weighted by atomic mass is 16.7. The van der Waals surface area contributed by atoms with Gasteiger partial charge in [-0.15, -0.1) is 0 Å². The Hall–Kier alpha value is -3.32. The van der Waals surface area contributed by atoms with Gasteiger partial charge in [0.05, 0.1) is 19.0 Å². The Kier molecular flexibility index (Phi) is 10.0. The van der Waals surface area contributed by atoms with Gasteiger partial charge in [0.15, 0.2) is 35.4 Å². The van der Waals surface area contributed by atoms with Crippen molar-refractivity contribution in [1.29, 1.82) is 0 Å². The number of rotatable bonds is 13. The van der Waals surface area contributed by atoms with Crippen LogP contribution in [0.5, 0.6) is 0 Å². The van der Waals surface area contributed by atoms with Gasteiger partial charge in [-0.2, -0.15) is 0 Å². The summed E-state index contributed by atoms with van der Waals surface area (Å²) in [5, 5.41) is 3.35. The summed E-state index contributed by atoms with van der Waals surface area (Å²) in [7, 11) is 0. The molecule has 2 aromatic heterocycles. The fourth-order valence-corrected chi connectivity index (χ4v) is 4.60. The summed E-state index contributed by atoms with van der Waals surface area (Å²) in [6.45, 7) is 6.66. The van der Waals surface area contributed by atoms with Crippen LogP contribution >= 0.6 is 0 Å². The molecule has 4 rings (SSSR count). The third kappa shape index (κ3) is 7.01. The summed E-state index contributed by atoms with van der Waals surface area (Å²) in [5.41, 5.74) is 0.944. The third-order valence-corrected chi connectivity index (χ3v) is 6.49. The lowest BCUT2D eigenvalue weighted by Crippen LogP contribution is -2.41. The summed E-state index contributed by atoms with van der Waals surface area (Å²) in [4.78, 5) is 50.6. The lowest BCUT2D eigenvalue weighted by Gasteiger charge is -2.24. The molecule has 13 heteroatoms. The maximum atomic E-state index is 12.7. The highest BCUT2D eigenvalue weighted by Gasteiger charge is 2.51. The highest BCUT2D eigenvalue weighted by Crippen LogP contribution is 2.37. The number of esters is 3. The molecule has 0 spiro atoms. The van der Waals surface area contributed by atoms with Crippen LogP contribution in [0.15, 0.2) is 12.7 Å². The minimum Gasteiger partial charge on any atom is -0.463 e. The molecule has 214 valence electrons. The van der Waals surface area contributed by atoms with Crippen LogP contribution in [0, 0.1) is 0 Å². The van der Waals surface area contributed by atoms with Crippen LogP contribution in [0.4, 0.5) is 5.82 Å². The van der Waals surface area contributed by atoms with Gasteiger partial charge in [-0.25, -0.2) is 15.0 Å². The highest BCUT2D eigenvalue weighted by molar-refractivity contribution is 5.83. The molecule has 0 radical (unpaired) electrons. The molecule has 2 fully saturated rings. The molecule has 2 unspecified atom stereocenters. The summed E-state index contributed by atoms with van der Waals surface area (Å²) < 4.78 is 30.4. The van der Waals surface area contributed by atoms with Gasteiger partial charge in [0.2, 0.25) is 0 Å². The number of nitrogens with one attached hydrogen (secondary N) is 1. The predicted molar refractivity (Wildman–Crippen MR) is 138 cm³/mol. The second kappa shape index (κ2) is 13.7. The van der Waals surface area contributed by atoms with E-state index in [-0.39, 0.29) is 31.9 Å². The number of fused-ring (bicyclic) bond motifs is 1. The van der Waals surface area contributed by atoms with Crippen LogP contribution in [0.3, 0.4) is 0 Å². The lowest BCUT2D eigenvalue weighted by molar-refractivity contribution is -0.169. The van der Waals surface area contributed by atoms with Crippen LogP contribution < -0.4 is 5.32 Å². The van der Waals surface area contributed by atoms with Crippen molar-refractivity contribution in [3.05, 3.63) is 12.7 Å². The van der Waals surface area contributed by atoms with Gasteiger partial charge in [-0.3, -0.25) is 19.0 Å². The average Bonchev–Trinajstić information content (AvgIpc) is 3.64. The Morgan fingerprint density at radius 1 is 0.974 bits per heavy atom. The summed E-state index contributed by atoms with van der Waals surface area (Å²) in [6.07, 6.45) is 2.34. The Bertz CT molecular complexity index is 1130. The largest absolute Gasteiger partial charge is 0.463 e. The van der Waals surface area contributed by atoms with Crippen molar-refractivity contribution in [3.8, 4) is 0 Å². The van der Waals surface area contributed by atoms with Gasteiger partial charge >= 0.3 is 17.9 Å². The van der Waals surface area contributed by atoms with E-state index in [4.69, 9.17) is 23.7 Å². The number of carbonyl (C=O) groups excluding carboxylic acids is 3. The molecule has 13 nitrogen and oxygen atoms in total.